The summed E-state index contributed by atoms with van der Waals surface area (Å²) in [6, 6.07) is 1.43. The molecule has 0 radical (unpaired) electrons. The first-order valence-corrected chi connectivity index (χ1v) is 4.36. The molecule has 6 heteroatoms. The van der Waals surface area contributed by atoms with Crippen molar-refractivity contribution in [2.75, 3.05) is 0 Å². The van der Waals surface area contributed by atoms with Gasteiger partial charge in [-0.3, -0.25) is 4.79 Å². The summed E-state index contributed by atoms with van der Waals surface area (Å²) in [5.41, 5.74) is 0.298. The third kappa shape index (κ3) is 4.53. The average Bonchev–Trinajstić information content (AvgIpc) is 2.17. The molecule has 0 aliphatic rings. The molecule has 82 valence electrons. The second-order valence-electron chi connectivity index (χ2n) is 3.02. The van der Waals surface area contributed by atoms with E-state index in [1.54, 1.807) is 0 Å². The number of alkyl halides is 3. The number of hydrogen-bond donors (Lipinski definition) is 0. The quantitative estimate of drug-likeness (QED) is 0.728. The Bertz CT molecular complexity index is 324. The Kier molecular flexibility index (Phi) is 3.76. The Morgan fingerprint density at radius 2 is 2.07 bits per heavy atom. The molecule has 0 unspecified atom stereocenters. The number of rotatable bonds is 4. The molecule has 1 aromatic rings. The van der Waals surface area contributed by atoms with Gasteiger partial charge in [0.15, 0.2) is 5.78 Å². The van der Waals surface area contributed by atoms with Crippen LogP contribution in [0.3, 0.4) is 0 Å². The zero-order valence-electron chi connectivity index (χ0n) is 7.79. The molecule has 0 saturated heterocycles. The van der Waals surface area contributed by atoms with Gasteiger partial charge in [-0.25, -0.2) is 0 Å². The standard InChI is InChI=1S/C9H9F3N2O/c10-9(11,12)4-1-2-8(15)7-3-5-13-14-6-7/h3,5-6H,1-2,4H2. The summed E-state index contributed by atoms with van der Waals surface area (Å²) in [7, 11) is 0. The molecular formula is C9H9F3N2O. The van der Waals surface area contributed by atoms with E-state index >= 15 is 0 Å². The smallest absolute Gasteiger partial charge is 0.294 e. The lowest BCUT2D eigenvalue weighted by atomic mass is 10.1. The van der Waals surface area contributed by atoms with Crippen LogP contribution in [-0.4, -0.2) is 22.2 Å². The van der Waals surface area contributed by atoms with Crippen molar-refractivity contribution in [1.29, 1.82) is 0 Å². The average molecular weight is 218 g/mol. The normalized spacial score (nSPS) is 11.4. The molecule has 1 rings (SSSR count). The number of hydrogen-bond acceptors (Lipinski definition) is 3. The first-order valence-electron chi connectivity index (χ1n) is 4.36. The highest BCUT2D eigenvalue weighted by Crippen LogP contribution is 2.22. The first-order chi connectivity index (χ1) is 6.99. The Morgan fingerprint density at radius 1 is 1.33 bits per heavy atom. The molecule has 15 heavy (non-hydrogen) atoms. The van der Waals surface area contributed by atoms with E-state index in [2.05, 4.69) is 10.2 Å². The topological polar surface area (TPSA) is 42.9 Å². The molecule has 0 aliphatic carbocycles. The SMILES string of the molecule is O=C(CCCC(F)(F)F)c1ccnnc1. The van der Waals surface area contributed by atoms with Crippen molar-refractivity contribution in [2.24, 2.45) is 0 Å². The minimum Gasteiger partial charge on any atom is -0.294 e. The van der Waals surface area contributed by atoms with Crippen LogP contribution in [0.1, 0.15) is 29.6 Å². The maximum Gasteiger partial charge on any atom is 0.389 e. The van der Waals surface area contributed by atoms with Gasteiger partial charge >= 0.3 is 6.18 Å². The van der Waals surface area contributed by atoms with Crippen molar-refractivity contribution in [3.8, 4) is 0 Å². The van der Waals surface area contributed by atoms with Crippen LogP contribution in [0.2, 0.25) is 0 Å². The number of carbonyl (C=O) groups excluding carboxylic acids is 1. The number of halogens is 3. The Morgan fingerprint density at radius 3 is 2.60 bits per heavy atom. The van der Waals surface area contributed by atoms with Crippen LogP contribution < -0.4 is 0 Å². The van der Waals surface area contributed by atoms with Crippen LogP contribution in [0, 0.1) is 0 Å². The molecule has 0 N–H and O–H groups in total. The lowest BCUT2D eigenvalue weighted by molar-refractivity contribution is -0.135. The molecule has 0 atom stereocenters. The molecular weight excluding hydrogens is 209 g/mol. The van der Waals surface area contributed by atoms with E-state index in [1.165, 1.54) is 18.5 Å². The number of carbonyl (C=O) groups is 1. The van der Waals surface area contributed by atoms with Crippen LogP contribution in [0.4, 0.5) is 13.2 Å². The molecule has 0 saturated carbocycles. The second kappa shape index (κ2) is 4.86. The van der Waals surface area contributed by atoms with E-state index in [0.29, 0.717) is 5.56 Å². The van der Waals surface area contributed by atoms with Gasteiger partial charge in [0.1, 0.15) is 0 Å². The van der Waals surface area contributed by atoms with Gasteiger partial charge in [0.05, 0.1) is 12.4 Å². The Hall–Kier alpha value is -1.46. The molecule has 0 fully saturated rings. The van der Waals surface area contributed by atoms with Crippen molar-refractivity contribution >= 4 is 5.78 Å². The largest absolute Gasteiger partial charge is 0.389 e. The number of aromatic nitrogens is 2. The minimum absolute atomic E-state index is 0.120. The zero-order valence-corrected chi connectivity index (χ0v) is 7.79. The maximum absolute atomic E-state index is 11.8. The summed E-state index contributed by atoms with van der Waals surface area (Å²) in [5.74, 6) is -0.339. The summed E-state index contributed by atoms with van der Waals surface area (Å²) >= 11 is 0. The van der Waals surface area contributed by atoms with Crippen LogP contribution in [0.25, 0.3) is 0 Å². The highest BCUT2D eigenvalue weighted by Gasteiger charge is 2.26. The van der Waals surface area contributed by atoms with Crippen LogP contribution in [-0.2, 0) is 0 Å². The predicted molar refractivity (Wildman–Crippen MR) is 46.3 cm³/mol. The van der Waals surface area contributed by atoms with Gasteiger partial charge in [-0.1, -0.05) is 0 Å². The van der Waals surface area contributed by atoms with Crippen molar-refractivity contribution in [3.05, 3.63) is 24.0 Å². The molecule has 1 aromatic heterocycles. The minimum atomic E-state index is -4.20. The van der Waals surface area contributed by atoms with E-state index in [1.807, 2.05) is 0 Å². The zero-order chi connectivity index (χ0) is 11.3. The van der Waals surface area contributed by atoms with Crippen molar-refractivity contribution < 1.29 is 18.0 Å². The van der Waals surface area contributed by atoms with Crippen molar-refractivity contribution in [3.63, 3.8) is 0 Å². The lowest BCUT2D eigenvalue weighted by Crippen LogP contribution is -2.08. The summed E-state index contributed by atoms with van der Waals surface area (Å²) in [5, 5.41) is 6.93. The van der Waals surface area contributed by atoms with Crippen molar-refractivity contribution in [1.82, 2.24) is 10.2 Å². The number of Topliss-reactive ketones (excluding diaryl/α,β-unsaturated/α-hetero) is 1. The third-order valence-corrected chi connectivity index (χ3v) is 1.77. The molecule has 0 aliphatic heterocycles. The molecule has 0 bridgehead atoms. The van der Waals surface area contributed by atoms with Gasteiger partial charge in [0, 0.05) is 18.4 Å². The van der Waals surface area contributed by atoms with Gasteiger partial charge in [0.25, 0.3) is 0 Å². The highest BCUT2D eigenvalue weighted by molar-refractivity contribution is 5.95. The van der Waals surface area contributed by atoms with E-state index < -0.39 is 12.6 Å². The fourth-order valence-corrected chi connectivity index (χ4v) is 1.05. The van der Waals surface area contributed by atoms with Crippen LogP contribution in [0.5, 0.6) is 0 Å². The van der Waals surface area contributed by atoms with E-state index in [0.717, 1.165) is 0 Å². The van der Waals surface area contributed by atoms with Gasteiger partial charge in [0.2, 0.25) is 0 Å². The fourth-order valence-electron chi connectivity index (χ4n) is 1.05. The Balaban J connectivity index is 2.38. The lowest BCUT2D eigenvalue weighted by Gasteiger charge is -2.04. The number of ketones is 1. The fraction of sp³-hybridized carbons (Fsp3) is 0.444. The first kappa shape index (κ1) is 11.6. The highest BCUT2D eigenvalue weighted by atomic mass is 19.4. The van der Waals surface area contributed by atoms with Gasteiger partial charge in [-0.15, -0.1) is 0 Å². The van der Waals surface area contributed by atoms with Crippen LogP contribution >= 0.6 is 0 Å². The summed E-state index contributed by atoms with van der Waals surface area (Å²) in [4.78, 5) is 11.3. The molecule has 0 aromatic carbocycles. The van der Waals surface area contributed by atoms with Crippen LogP contribution in [0.15, 0.2) is 18.5 Å². The summed E-state index contributed by atoms with van der Waals surface area (Å²) < 4.78 is 35.3. The number of nitrogens with zero attached hydrogens (tertiary/aromatic N) is 2. The molecule has 3 nitrogen and oxygen atoms in total. The van der Waals surface area contributed by atoms with Gasteiger partial charge < -0.3 is 0 Å². The molecule has 0 amide bonds. The van der Waals surface area contributed by atoms with E-state index in [-0.39, 0.29) is 18.6 Å². The summed E-state index contributed by atoms with van der Waals surface area (Å²) in [6.07, 6.45) is -2.86. The van der Waals surface area contributed by atoms with E-state index in [9.17, 15) is 18.0 Å². The second-order valence-corrected chi connectivity index (χ2v) is 3.02. The molecule has 1 heterocycles. The van der Waals surface area contributed by atoms with Gasteiger partial charge in [-0.05, 0) is 12.5 Å². The Labute approximate surface area is 84.3 Å². The van der Waals surface area contributed by atoms with Gasteiger partial charge in [-0.2, -0.15) is 23.4 Å². The maximum atomic E-state index is 11.8. The predicted octanol–water partition coefficient (Wildman–Crippen LogP) is 2.39. The third-order valence-electron chi connectivity index (χ3n) is 1.77. The van der Waals surface area contributed by atoms with E-state index in [4.69, 9.17) is 0 Å². The van der Waals surface area contributed by atoms with Crippen molar-refractivity contribution in [2.45, 2.75) is 25.4 Å². The summed E-state index contributed by atoms with van der Waals surface area (Å²) in [6.45, 7) is 0. The monoisotopic (exact) mass is 218 g/mol. The molecule has 0 spiro atoms.